The van der Waals surface area contributed by atoms with Gasteiger partial charge in [-0.2, -0.15) is 0 Å². The summed E-state index contributed by atoms with van der Waals surface area (Å²) in [7, 11) is 0. The van der Waals surface area contributed by atoms with Crippen LogP contribution in [0.25, 0.3) is 0 Å². The molecule has 0 bridgehead atoms. The molecule has 0 atom stereocenters. The molecular weight excluding hydrogens is 331 g/mol. The molecule has 0 N–H and O–H groups in total. The summed E-state index contributed by atoms with van der Waals surface area (Å²) < 4.78 is 14.4. The number of benzene rings is 2. The molecule has 0 aliphatic heterocycles. The van der Waals surface area contributed by atoms with Gasteiger partial charge in [-0.25, -0.2) is 4.39 Å². The summed E-state index contributed by atoms with van der Waals surface area (Å²) in [6.45, 7) is 0. The Morgan fingerprint density at radius 1 is 1.16 bits per heavy atom. The molecule has 0 aliphatic rings. The summed E-state index contributed by atoms with van der Waals surface area (Å²) in [5, 5.41) is 0.437. The molecule has 0 spiro atoms. The molecular formula is C15H11BrClFO. The van der Waals surface area contributed by atoms with Crippen molar-refractivity contribution < 1.29 is 9.18 Å². The Morgan fingerprint density at radius 3 is 2.68 bits per heavy atom. The molecule has 0 radical (unpaired) electrons. The van der Waals surface area contributed by atoms with Crippen LogP contribution in [-0.4, -0.2) is 5.78 Å². The van der Waals surface area contributed by atoms with E-state index in [1.54, 1.807) is 0 Å². The maximum atomic E-state index is 13.5. The lowest BCUT2D eigenvalue weighted by molar-refractivity contribution is -0.117. The van der Waals surface area contributed by atoms with E-state index in [1.807, 2.05) is 24.3 Å². The average molecular weight is 342 g/mol. The van der Waals surface area contributed by atoms with Crippen LogP contribution < -0.4 is 0 Å². The van der Waals surface area contributed by atoms with Crippen molar-refractivity contribution >= 4 is 33.3 Å². The van der Waals surface area contributed by atoms with Gasteiger partial charge in [0.05, 0.1) is 0 Å². The number of halogens is 3. The first-order chi connectivity index (χ1) is 9.04. The third-order valence-electron chi connectivity index (χ3n) is 2.69. The van der Waals surface area contributed by atoms with Gasteiger partial charge in [-0.05, 0) is 41.5 Å². The highest BCUT2D eigenvalue weighted by atomic mass is 79.9. The highest BCUT2D eigenvalue weighted by Crippen LogP contribution is 2.17. The van der Waals surface area contributed by atoms with Crippen molar-refractivity contribution in [2.75, 3.05) is 0 Å². The van der Waals surface area contributed by atoms with Crippen LogP contribution in [0, 0.1) is 5.82 Å². The van der Waals surface area contributed by atoms with E-state index in [-0.39, 0.29) is 18.6 Å². The molecule has 0 unspecified atom stereocenters. The van der Waals surface area contributed by atoms with Crippen LogP contribution in [0.5, 0.6) is 0 Å². The second-order valence-corrected chi connectivity index (χ2v) is 5.61. The number of rotatable bonds is 4. The van der Waals surface area contributed by atoms with Crippen molar-refractivity contribution in [1.82, 2.24) is 0 Å². The van der Waals surface area contributed by atoms with Crippen LogP contribution in [0.1, 0.15) is 11.1 Å². The Bertz CT molecular complexity index is 613. The lowest BCUT2D eigenvalue weighted by Crippen LogP contribution is -2.08. The third-order valence-corrected chi connectivity index (χ3v) is 3.41. The van der Waals surface area contributed by atoms with Crippen LogP contribution in [-0.2, 0) is 17.6 Å². The summed E-state index contributed by atoms with van der Waals surface area (Å²) in [6, 6.07) is 11.8. The molecule has 0 amide bonds. The van der Waals surface area contributed by atoms with Gasteiger partial charge in [-0.15, -0.1) is 0 Å². The Labute approximate surface area is 124 Å². The molecule has 0 heterocycles. The van der Waals surface area contributed by atoms with Gasteiger partial charge in [0.25, 0.3) is 0 Å². The minimum Gasteiger partial charge on any atom is -0.299 e. The molecule has 0 fully saturated rings. The summed E-state index contributed by atoms with van der Waals surface area (Å²) in [4.78, 5) is 11.9. The van der Waals surface area contributed by atoms with Crippen LogP contribution in [0.4, 0.5) is 4.39 Å². The van der Waals surface area contributed by atoms with E-state index >= 15 is 0 Å². The minimum absolute atomic E-state index is 0.0423. The molecule has 0 aliphatic carbocycles. The summed E-state index contributed by atoms with van der Waals surface area (Å²) in [5.41, 5.74) is 1.24. The van der Waals surface area contributed by atoms with Crippen molar-refractivity contribution in [3.8, 4) is 0 Å². The zero-order valence-corrected chi connectivity index (χ0v) is 12.3. The normalized spacial score (nSPS) is 10.5. The fraction of sp³-hybridized carbons (Fsp3) is 0.133. The molecule has 0 saturated carbocycles. The van der Waals surface area contributed by atoms with Crippen molar-refractivity contribution in [3.05, 3.63) is 68.9 Å². The molecule has 2 rings (SSSR count). The fourth-order valence-electron chi connectivity index (χ4n) is 1.83. The van der Waals surface area contributed by atoms with E-state index < -0.39 is 5.82 Å². The number of ketones is 1. The second kappa shape index (κ2) is 6.31. The molecule has 2 aromatic carbocycles. The Morgan fingerprint density at radius 2 is 1.95 bits per heavy atom. The predicted molar refractivity (Wildman–Crippen MR) is 78.0 cm³/mol. The molecule has 0 aromatic heterocycles. The van der Waals surface area contributed by atoms with Crippen LogP contribution >= 0.6 is 27.5 Å². The van der Waals surface area contributed by atoms with Gasteiger partial charge >= 0.3 is 0 Å². The van der Waals surface area contributed by atoms with Crippen molar-refractivity contribution in [1.29, 1.82) is 0 Å². The standard InChI is InChI=1S/C15H11BrClFO/c16-12-3-1-2-10(6-12)7-14(19)9-11-8-13(17)4-5-15(11)18/h1-6,8H,7,9H2. The molecule has 1 nitrogen and oxygen atoms in total. The number of carbonyl (C=O) groups excluding carboxylic acids is 1. The molecule has 0 saturated heterocycles. The highest BCUT2D eigenvalue weighted by Gasteiger charge is 2.10. The molecule has 2 aromatic rings. The topological polar surface area (TPSA) is 17.1 Å². The zero-order valence-electron chi connectivity index (χ0n) is 10.00. The van der Waals surface area contributed by atoms with Crippen LogP contribution in [0.2, 0.25) is 5.02 Å². The number of Topliss-reactive ketones (excluding diaryl/α,β-unsaturated/α-hetero) is 1. The lowest BCUT2D eigenvalue weighted by Gasteiger charge is -2.04. The second-order valence-electron chi connectivity index (χ2n) is 4.26. The van der Waals surface area contributed by atoms with E-state index in [2.05, 4.69) is 15.9 Å². The third kappa shape index (κ3) is 4.15. The first kappa shape index (κ1) is 14.2. The van der Waals surface area contributed by atoms with Gasteiger partial charge in [-0.1, -0.05) is 39.7 Å². The first-order valence-corrected chi connectivity index (χ1v) is 6.92. The Hall–Kier alpha value is -1.19. The predicted octanol–water partition coefficient (Wildman–Crippen LogP) is 4.60. The maximum Gasteiger partial charge on any atom is 0.141 e. The summed E-state index contributed by atoms with van der Waals surface area (Å²) in [6.07, 6.45) is 0.338. The minimum atomic E-state index is -0.396. The van der Waals surface area contributed by atoms with Gasteiger partial charge in [-0.3, -0.25) is 4.79 Å². The van der Waals surface area contributed by atoms with Gasteiger partial charge < -0.3 is 0 Å². The van der Waals surface area contributed by atoms with Crippen LogP contribution in [0.3, 0.4) is 0 Å². The largest absolute Gasteiger partial charge is 0.299 e. The van der Waals surface area contributed by atoms with Gasteiger partial charge in [0.15, 0.2) is 0 Å². The van der Waals surface area contributed by atoms with E-state index in [1.165, 1.54) is 18.2 Å². The molecule has 98 valence electrons. The van der Waals surface area contributed by atoms with E-state index in [0.717, 1.165) is 10.0 Å². The average Bonchev–Trinajstić information content (AvgIpc) is 2.34. The van der Waals surface area contributed by atoms with E-state index in [0.29, 0.717) is 10.6 Å². The monoisotopic (exact) mass is 340 g/mol. The van der Waals surface area contributed by atoms with E-state index in [9.17, 15) is 9.18 Å². The van der Waals surface area contributed by atoms with Gasteiger partial charge in [0.2, 0.25) is 0 Å². The quantitative estimate of drug-likeness (QED) is 0.794. The van der Waals surface area contributed by atoms with Gasteiger partial charge in [0, 0.05) is 22.3 Å². The van der Waals surface area contributed by atoms with E-state index in [4.69, 9.17) is 11.6 Å². The molecule has 4 heteroatoms. The number of carbonyl (C=O) groups is 1. The Balaban J connectivity index is 2.07. The fourth-order valence-corrected chi connectivity index (χ4v) is 2.47. The maximum absolute atomic E-state index is 13.5. The van der Waals surface area contributed by atoms with Gasteiger partial charge in [0.1, 0.15) is 11.6 Å². The molecule has 19 heavy (non-hydrogen) atoms. The zero-order chi connectivity index (χ0) is 13.8. The Kier molecular flexibility index (Phi) is 4.72. The summed E-state index contributed by atoms with van der Waals surface area (Å²) in [5.74, 6) is -0.439. The van der Waals surface area contributed by atoms with Crippen molar-refractivity contribution in [3.63, 3.8) is 0 Å². The van der Waals surface area contributed by atoms with Crippen LogP contribution in [0.15, 0.2) is 46.9 Å². The summed E-state index contributed by atoms with van der Waals surface area (Å²) >= 11 is 9.15. The number of hydrogen-bond donors (Lipinski definition) is 0. The smallest absolute Gasteiger partial charge is 0.141 e. The first-order valence-electron chi connectivity index (χ1n) is 5.74. The lowest BCUT2D eigenvalue weighted by atomic mass is 10.0. The highest BCUT2D eigenvalue weighted by molar-refractivity contribution is 9.10. The van der Waals surface area contributed by atoms with Crippen molar-refractivity contribution in [2.24, 2.45) is 0 Å². The van der Waals surface area contributed by atoms with Crippen molar-refractivity contribution in [2.45, 2.75) is 12.8 Å². The SMILES string of the molecule is O=C(Cc1cccc(Br)c1)Cc1cc(Cl)ccc1F. The number of hydrogen-bond acceptors (Lipinski definition) is 1.